The van der Waals surface area contributed by atoms with Crippen molar-refractivity contribution in [3.63, 3.8) is 0 Å². The second-order valence-electron chi connectivity index (χ2n) is 15.7. The molecule has 0 bridgehead atoms. The lowest BCUT2D eigenvalue weighted by Gasteiger charge is -2.40. The Hall–Kier alpha value is -7.47. The molecule has 0 saturated carbocycles. The molecular formula is C50H46N7O7S2-. The number of hydrogen-bond donors (Lipinski definition) is 6. The van der Waals surface area contributed by atoms with Crippen molar-refractivity contribution in [2.24, 2.45) is 16.6 Å². The van der Waals surface area contributed by atoms with Crippen LogP contribution in [0.1, 0.15) is 17.5 Å². The van der Waals surface area contributed by atoms with Gasteiger partial charge in [-0.2, -0.15) is 0 Å². The molecule has 1 heterocycles. The fourth-order valence-corrected chi connectivity index (χ4v) is 9.60. The molecule has 0 aromatic heterocycles. The zero-order chi connectivity index (χ0) is 46.6. The zero-order valence-electron chi connectivity index (χ0n) is 36.1. The van der Waals surface area contributed by atoms with Gasteiger partial charge >= 0.3 is 0 Å². The van der Waals surface area contributed by atoms with Crippen LogP contribution in [0.4, 0.5) is 45.5 Å². The summed E-state index contributed by atoms with van der Waals surface area (Å²) in [5.74, 6) is 0.128. The van der Waals surface area contributed by atoms with Gasteiger partial charge in [0.25, 0.3) is 0 Å². The highest BCUT2D eigenvalue weighted by molar-refractivity contribution is 7.90. The molecule has 66 heavy (non-hydrogen) atoms. The summed E-state index contributed by atoms with van der Waals surface area (Å²) in [6, 6.07) is 44.5. The summed E-state index contributed by atoms with van der Waals surface area (Å²) < 4.78 is 81.4. The zero-order valence-corrected chi connectivity index (χ0v) is 37.7. The van der Waals surface area contributed by atoms with Crippen LogP contribution in [0.2, 0.25) is 0 Å². The first-order valence-electron chi connectivity index (χ1n) is 20.8. The summed E-state index contributed by atoms with van der Waals surface area (Å²) in [7, 11) is -8.39. The van der Waals surface area contributed by atoms with E-state index in [9.17, 15) is 25.9 Å². The highest BCUT2D eigenvalue weighted by atomic mass is 32.2. The van der Waals surface area contributed by atoms with Crippen LogP contribution in [-0.2, 0) is 20.2 Å². The van der Waals surface area contributed by atoms with Gasteiger partial charge in [-0.3, -0.25) is 0 Å². The maximum atomic E-state index is 12.7. The number of quaternary nitrogens is 1. The lowest BCUT2D eigenvalue weighted by molar-refractivity contribution is -0.717. The van der Waals surface area contributed by atoms with Crippen molar-refractivity contribution in [1.82, 2.24) is 0 Å². The number of hydrogen-bond acceptors (Lipinski definition) is 11. The number of guanidine groups is 1. The molecule has 0 fully saturated rings. The van der Waals surface area contributed by atoms with Crippen LogP contribution in [0.25, 0.3) is 0 Å². The minimum Gasteiger partial charge on any atom is -0.744 e. The Balaban J connectivity index is 0.000000275. The number of nitrogens with two attached hydrogens (primary N) is 1. The van der Waals surface area contributed by atoms with Gasteiger partial charge < -0.3 is 40.8 Å². The van der Waals surface area contributed by atoms with Crippen LogP contribution in [0, 0.1) is 19.8 Å². The monoisotopic (exact) mass is 920 g/mol. The van der Waals surface area contributed by atoms with Gasteiger partial charge in [-0.25, -0.2) is 26.7 Å². The standard InChI is InChI=1S/C35H30N4O7S2.C15H17N3/c1-46-31-17-9-8-16-25(31)37-27-19-29-26(21-33(27)48(43,44)45)38-35-24-15-10-18-32(47(40,41)42)34(24)28(36-22-11-4-2-5-12-22)20-30(35)39(29)23-13-6-3-7-14-23;1-11-5-3-7-13(9-11)17-15(16)18-14-8-4-6-12(2)10-14/h2-19,21,24,36-38H,20H2,1H3,(H,40,41,42)(H,43,44,45);3-10H,1-2H3,(H3,16,17,18)/p-1. The molecule has 16 heteroatoms. The molecule has 14 nitrogen and oxygen atoms in total. The van der Waals surface area contributed by atoms with Crippen molar-refractivity contribution in [1.29, 1.82) is 0 Å². The van der Waals surface area contributed by atoms with E-state index >= 15 is 0 Å². The molecule has 1 aliphatic heterocycles. The second kappa shape index (κ2) is 18.9. The lowest BCUT2D eigenvalue weighted by Crippen LogP contribution is -3.01. The van der Waals surface area contributed by atoms with E-state index in [2.05, 4.69) is 26.3 Å². The number of methoxy groups -OCH3 is 1. The molecule has 7 N–H and O–H groups in total. The molecule has 2 aliphatic carbocycles. The van der Waals surface area contributed by atoms with Gasteiger partial charge in [0.05, 0.1) is 52.0 Å². The first-order chi connectivity index (χ1) is 31.7. The third-order valence-electron chi connectivity index (χ3n) is 11.0. The average molecular weight is 921 g/mol. The molecule has 3 aliphatic rings. The topological polar surface area (TPSA) is 215 Å². The summed E-state index contributed by atoms with van der Waals surface area (Å²) in [4.78, 5) is 4.23. The van der Waals surface area contributed by atoms with Gasteiger partial charge in [0.1, 0.15) is 43.1 Å². The van der Waals surface area contributed by atoms with E-state index in [1.165, 1.54) is 36.5 Å². The predicted octanol–water partition coefficient (Wildman–Crippen LogP) is 8.57. The number of aryl methyl sites for hydroxylation is 2. The summed E-state index contributed by atoms with van der Waals surface area (Å²) in [5, 5.41) is 12.9. The fourth-order valence-electron chi connectivity index (χ4n) is 8.19. The number of nitrogens with zero attached hydrogens (tertiary/aromatic N) is 1. The predicted molar refractivity (Wildman–Crippen MR) is 257 cm³/mol. The van der Waals surface area contributed by atoms with Gasteiger partial charge in [0.15, 0.2) is 11.6 Å². The first kappa shape index (κ1) is 45.1. The van der Waals surface area contributed by atoms with Crippen molar-refractivity contribution >= 4 is 71.7 Å². The number of para-hydroxylation sites is 4. The number of rotatable bonds is 10. The van der Waals surface area contributed by atoms with Gasteiger partial charge in [0, 0.05) is 28.7 Å². The number of allylic oxidation sites excluding steroid dienone is 4. The van der Waals surface area contributed by atoms with E-state index in [0.29, 0.717) is 51.4 Å². The Bertz CT molecular complexity index is 3210. The molecule has 0 spiro atoms. The quantitative estimate of drug-likeness (QED) is 0.0433. The van der Waals surface area contributed by atoms with Crippen molar-refractivity contribution in [2.45, 2.75) is 25.2 Å². The van der Waals surface area contributed by atoms with E-state index in [1.807, 2.05) is 123 Å². The average Bonchev–Trinajstić information content (AvgIpc) is 3.28. The molecule has 2 unspecified atom stereocenters. The van der Waals surface area contributed by atoms with Gasteiger partial charge in [-0.15, -0.1) is 0 Å². The summed E-state index contributed by atoms with van der Waals surface area (Å²) in [5.41, 5.74) is 15.2. The minimum atomic E-state index is -4.99. The normalized spacial score (nSPS) is 16.6. The molecule has 6 aromatic rings. The third kappa shape index (κ3) is 10.1. The van der Waals surface area contributed by atoms with E-state index in [-0.39, 0.29) is 17.0 Å². The van der Waals surface area contributed by atoms with Crippen molar-refractivity contribution in [3.05, 3.63) is 203 Å². The smallest absolute Gasteiger partial charge is 0.198 e. The second-order valence-corrected chi connectivity index (χ2v) is 18.4. The fraction of sp³-hybridized carbons (Fsp3) is 0.100. The van der Waals surface area contributed by atoms with Crippen LogP contribution < -0.4 is 36.6 Å². The number of ether oxygens (including phenoxy) is 1. The van der Waals surface area contributed by atoms with Crippen LogP contribution in [-0.4, -0.2) is 39.0 Å². The summed E-state index contributed by atoms with van der Waals surface area (Å²) >= 11 is 0. The highest BCUT2D eigenvalue weighted by Crippen LogP contribution is 2.46. The minimum absolute atomic E-state index is 0.0578. The highest BCUT2D eigenvalue weighted by Gasteiger charge is 2.43. The Labute approximate surface area is 384 Å². The van der Waals surface area contributed by atoms with Crippen LogP contribution in [0.3, 0.4) is 0 Å². The Morgan fingerprint density at radius 1 is 0.758 bits per heavy atom. The maximum Gasteiger partial charge on any atom is 0.198 e. The van der Waals surface area contributed by atoms with Crippen LogP contribution in [0.5, 0.6) is 5.75 Å². The molecule has 9 rings (SSSR count). The third-order valence-corrected chi connectivity index (χ3v) is 12.8. The SMILES string of the molecule is COc1ccccc1Nc1cc2c(cc1S(=O)(=O)[O-])NC1=C(CC(Nc3ccccc3)=C3C(S(=O)(=O)[O-])=CC=CC13)[NH+]2c1ccccc1.Cc1cccc(N=C(N)Nc2cccc(C)c2)c1. The molecule has 0 amide bonds. The number of nitrogens with one attached hydrogen (secondary N) is 5. The molecule has 0 radical (unpaired) electrons. The van der Waals surface area contributed by atoms with Crippen LogP contribution >= 0.6 is 0 Å². The van der Waals surface area contributed by atoms with E-state index in [1.54, 1.807) is 36.4 Å². The van der Waals surface area contributed by atoms with Gasteiger partial charge in [-0.1, -0.05) is 84.9 Å². The lowest BCUT2D eigenvalue weighted by atomic mass is 9.81. The molecule has 2 atom stereocenters. The summed E-state index contributed by atoms with van der Waals surface area (Å²) in [6.45, 7) is 4.07. The first-order valence-corrected chi connectivity index (χ1v) is 23.6. The number of anilines is 5. The summed E-state index contributed by atoms with van der Waals surface area (Å²) in [6.07, 6.45) is 4.81. The largest absolute Gasteiger partial charge is 0.744 e. The number of fused-ring (bicyclic) bond motifs is 3. The maximum absolute atomic E-state index is 12.7. The van der Waals surface area contributed by atoms with E-state index in [0.717, 1.165) is 27.7 Å². The van der Waals surface area contributed by atoms with Crippen molar-refractivity contribution in [3.8, 4) is 5.75 Å². The number of benzene rings is 6. The Kier molecular flexibility index (Phi) is 12.9. The van der Waals surface area contributed by atoms with Crippen LogP contribution in [0.15, 0.2) is 201 Å². The van der Waals surface area contributed by atoms with E-state index in [4.69, 9.17) is 10.5 Å². The molecule has 6 aromatic carbocycles. The van der Waals surface area contributed by atoms with E-state index < -0.39 is 31.0 Å². The molecular weight excluding hydrogens is 875 g/mol. The molecule has 0 saturated heterocycles. The van der Waals surface area contributed by atoms with Gasteiger partial charge in [-0.05, 0) is 97.8 Å². The van der Waals surface area contributed by atoms with Crippen molar-refractivity contribution in [2.75, 3.05) is 28.4 Å². The Morgan fingerprint density at radius 2 is 1.42 bits per heavy atom. The van der Waals surface area contributed by atoms with Gasteiger partial charge in [0.2, 0.25) is 0 Å². The number of aliphatic imine (C=N–C) groups is 1. The molecule has 336 valence electrons. The van der Waals surface area contributed by atoms with Crippen molar-refractivity contribution < 1.29 is 35.6 Å². The Morgan fingerprint density at radius 3 is 2.11 bits per heavy atom.